The highest BCUT2D eigenvalue weighted by atomic mass is 16.5. The van der Waals surface area contributed by atoms with Crippen LogP contribution < -0.4 is 10.1 Å². The third-order valence-electron chi connectivity index (χ3n) is 4.88. The minimum absolute atomic E-state index is 0.152. The first-order chi connectivity index (χ1) is 11.9. The van der Waals surface area contributed by atoms with Crippen LogP contribution in [-0.2, 0) is 12.0 Å². The highest BCUT2D eigenvalue weighted by Crippen LogP contribution is 2.36. The molecule has 4 heteroatoms. The lowest BCUT2D eigenvalue weighted by Gasteiger charge is -2.35. The fourth-order valence-electron chi connectivity index (χ4n) is 3.68. The number of aryl methyl sites for hydroxylation is 3. The fourth-order valence-corrected chi connectivity index (χ4v) is 3.68. The van der Waals surface area contributed by atoms with Crippen molar-refractivity contribution in [3.05, 3.63) is 64.2 Å². The van der Waals surface area contributed by atoms with Crippen LogP contribution >= 0.6 is 0 Å². The molecule has 25 heavy (non-hydrogen) atoms. The number of carbonyl (C=O) groups is 1. The Morgan fingerprint density at radius 2 is 1.92 bits per heavy atom. The second-order valence-electron chi connectivity index (χ2n) is 6.97. The first-order valence-corrected chi connectivity index (χ1v) is 8.67. The molecule has 0 heterocycles. The number of aliphatic hydroxyl groups is 1. The summed E-state index contributed by atoms with van der Waals surface area (Å²) in [5, 5.41) is 14.0. The number of fused-ring (bicyclic) bond motifs is 1. The van der Waals surface area contributed by atoms with Gasteiger partial charge in [0.2, 0.25) is 0 Å². The SMILES string of the molecule is COc1ccc2c(c1)CCCC2(O)CNC(=O)c1cc(C)cc(C)c1. The van der Waals surface area contributed by atoms with Crippen molar-refractivity contribution in [2.45, 2.75) is 38.7 Å². The van der Waals surface area contributed by atoms with Crippen molar-refractivity contribution in [2.24, 2.45) is 0 Å². The van der Waals surface area contributed by atoms with Gasteiger partial charge in [-0.05, 0) is 68.5 Å². The third kappa shape index (κ3) is 3.69. The van der Waals surface area contributed by atoms with Gasteiger partial charge in [-0.15, -0.1) is 0 Å². The smallest absolute Gasteiger partial charge is 0.251 e. The van der Waals surface area contributed by atoms with Crippen LogP contribution in [0.25, 0.3) is 0 Å². The molecule has 1 unspecified atom stereocenters. The Labute approximate surface area is 148 Å². The van der Waals surface area contributed by atoms with Crippen molar-refractivity contribution in [3.63, 3.8) is 0 Å². The zero-order chi connectivity index (χ0) is 18.0. The molecule has 2 N–H and O–H groups in total. The van der Waals surface area contributed by atoms with Crippen LogP contribution in [0.1, 0.15) is 45.5 Å². The monoisotopic (exact) mass is 339 g/mol. The molecule has 0 saturated carbocycles. The maximum absolute atomic E-state index is 12.5. The van der Waals surface area contributed by atoms with Crippen LogP contribution in [0, 0.1) is 13.8 Å². The summed E-state index contributed by atoms with van der Waals surface area (Å²) in [6.45, 7) is 4.16. The zero-order valence-electron chi connectivity index (χ0n) is 15.1. The highest BCUT2D eigenvalue weighted by molar-refractivity contribution is 5.94. The molecule has 0 radical (unpaired) electrons. The highest BCUT2D eigenvalue weighted by Gasteiger charge is 2.34. The molecule has 0 bridgehead atoms. The molecule has 132 valence electrons. The Bertz CT molecular complexity index is 779. The predicted octanol–water partition coefficient (Wildman–Crippen LogP) is 3.27. The van der Waals surface area contributed by atoms with Gasteiger partial charge in [-0.25, -0.2) is 0 Å². The van der Waals surface area contributed by atoms with Crippen LogP contribution in [0.4, 0.5) is 0 Å². The molecular formula is C21H25NO3. The summed E-state index contributed by atoms with van der Waals surface area (Å²) >= 11 is 0. The summed E-state index contributed by atoms with van der Waals surface area (Å²) in [6, 6.07) is 11.5. The van der Waals surface area contributed by atoms with E-state index in [-0.39, 0.29) is 12.5 Å². The van der Waals surface area contributed by atoms with E-state index in [0.717, 1.165) is 40.8 Å². The quantitative estimate of drug-likeness (QED) is 0.899. The van der Waals surface area contributed by atoms with Gasteiger partial charge in [-0.2, -0.15) is 0 Å². The molecule has 4 nitrogen and oxygen atoms in total. The van der Waals surface area contributed by atoms with Gasteiger partial charge in [0.05, 0.1) is 13.7 Å². The molecule has 0 aromatic heterocycles. The Kier molecular flexibility index (Phi) is 4.82. The molecule has 3 rings (SSSR count). The van der Waals surface area contributed by atoms with Crippen molar-refractivity contribution in [3.8, 4) is 5.75 Å². The van der Waals surface area contributed by atoms with Crippen molar-refractivity contribution in [1.82, 2.24) is 5.32 Å². The van der Waals surface area contributed by atoms with E-state index in [1.54, 1.807) is 7.11 Å². The first-order valence-electron chi connectivity index (χ1n) is 8.67. The topological polar surface area (TPSA) is 58.6 Å². The molecule has 0 aliphatic heterocycles. The lowest BCUT2D eigenvalue weighted by atomic mass is 9.79. The van der Waals surface area contributed by atoms with Crippen molar-refractivity contribution >= 4 is 5.91 Å². The largest absolute Gasteiger partial charge is 0.497 e. The minimum Gasteiger partial charge on any atom is -0.497 e. The van der Waals surface area contributed by atoms with E-state index in [0.29, 0.717) is 12.0 Å². The summed E-state index contributed by atoms with van der Waals surface area (Å²) in [4.78, 5) is 12.5. The number of ether oxygens (including phenoxy) is 1. The zero-order valence-corrected chi connectivity index (χ0v) is 15.1. The number of amides is 1. The van der Waals surface area contributed by atoms with Gasteiger partial charge in [0.15, 0.2) is 0 Å². The number of rotatable bonds is 4. The summed E-state index contributed by atoms with van der Waals surface area (Å²) in [7, 11) is 1.64. The number of benzene rings is 2. The standard InChI is InChI=1S/C21H25NO3/c1-14-9-15(2)11-17(10-14)20(23)22-13-21(24)8-4-5-16-12-18(25-3)6-7-19(16)21/h6-7,9-12,24H,4-5,8,13H2,1-3H3,(H,22,23). The van der Waals surface area contributed by atoms with E-state index in [1.807, 2.05) is 50.2 Å². The molecule has 2 aromatic rings. The summed E-state index contributed by atoms with van der Waals surface area (Å²) in [5.41, 5.74) is 3.69. The van der Waals surface area contributed by atoms with Crippen molar-refractivity contribution < 1.29 is 14.6 Å². The third-order valence-corrected chi connectivity index (χ3v) is 4.88. The first kappa shape index (κ1) is 17.5. The number of methoxy groups -OCH3 is 1. The maximum atomic E-state index is 12.5. The van der Waals surface area contributed by atoms with E-state index in [4.69, 9.17) is 4.74 Å². The molecule has 0 fully saturated rings. The van der Waals surface area contributed by atoms with E-state index in [9.17, 15) is 9.90 Å². The number of carbonyl (C=O) groups excluding carboxylic acids is 1. The molecule has 2 aromatic carbocycles. The van der Waals surface area contributed by atoms with E-state index >= 15 is 0 Å². The molecule has 1 aliphatic rings. The maximum Gasteiger partial charge on any atom is 0.251 e. The van der Waals surface area contributed by atoms with Gasteiger partial charge in [-0.1, -0.05) is 23.3 Å². The van der Waals surface area contributed by atoms with Gasteiger partial charge in [-0.3, -0.25) is 4.79 Å². The van der Waals surface area contributed by atoms with Gasteiger partial charge >= 0.3 is 0 Å². The van der Waals surface area contributed by atoms with Crippen LogP contribution in [0.15, 0.2) is 36.4 Å². The van der Waals surface area contributed by atoms with E-state index in [1.165, 1.54) is 0 Å². The van der Waals surface area contributed by atoms with Gasteiger partial charge < -0.3 is 15.2 Å². The fraction of sp³-hybridized carbons (Fsp3) is 0.381. The molecular weight excluding hydrogens is 314 g/mol. The number of hydrogen-bond acceptors (Lipinski definition) is 3. The second kappa shape index (κ2) is 6.89. The normalized spacial score (nSPS) is 19.2. The van der Waals surface area contributed by atoms with Crippen LogP contribution in [0.3, 0.4) is 0 Å². The van der Waals surface area contributed by atoms with Crippen LogP contribution in [-0.4, -0.2) is 24.7 Å². The second-order valence-corrected chi connectivity index (χ2v) is 6.97. The lowest BCUT2D eigenvalue weighted by Crippen LogP contribution is -2.43. The average Bonchev–Trinajstić information content (AvgIpc) is 2.58. The molecule has 1 aliphatic carbocycles. The Hall–Kier alpha value is -2.33. The molecule has 0 spiro atoms. The molecule has 1 atom stereocenters. The summed E-state index contributed by atoms with van der Waals surface area (Å²) in [6.07, 6.45) is 2.44. The minimum atomic E-state index is -1.03. The van der Waals surface area contributed by atoms with Gasteiger partial charge in [0.1, 0.15) is 11.4 Å². The summed E-state index contributed by atoms with van der Waals surface area (Å²) < 4.78 is 5.28. The van der Waals surface area contributed by atoms with Gasteiger partial charge in [0, 0.05) is 5.56 Å². The lowest BCUT2D eigenvalue weighted by molar-refractivity contribution is 0.0189. The van der Waals surface area contributed by atoms with Crippen molar-refractivity contribution in [2.75, 3.05) is 13.7 Å². The number of nitrogens with one attached hydrogen (secondary N) is 1. The van der Waals surface area contributed by atoms with Crippen molar-refractivity contribution in [1.29, 1.82) is 0 Å². The average molecular weight is 339 g/mol. The Morgan fingerprint density at radius 1 is 1.20 bits per heavy atom. The van der Waals surface area contributed by atoms with Crippen LogP contribution in [0.2, 0.25) is 0 Å². The Morgan fingerprint density at radius 3 is 2.60 bits per heavy atom. The van der Waals surface area contributed by atoms with Crippen LogP contribution in [0.5, 0.6) is 5.75 Å². The number of hydrogen-bond donors (Lipinski definition) is 2. The predicted molar refractivity (Wildman–Crippen MR) is 98.1 cm³/mol. The summed E-state index contributed by atoms with van der Waals surface area (Å²) in [5.74, 6) is 0.642. The van der Waals surface area contributed by atoms with E-state index in [2.05, 4.69) is 5.32 Å². The molecule has 0 saturated heterocycles. The molecule has 1 amide bonds. The Balaban J connectivity index is 1.78. The van der Waals surface area contributed by atoms with Gasteiger partial charge in [0.25, 0.3) is 5.91 Å². The van der Waals surface area contributed by atoms with E-state index < -0.39 is 5.60 Å².